The zero-order chi connectivity index (χ0) is 28.0. The molecule has 1 amide bonds. The van der Waals surface area contributed by atoms with E-state index in [2.05, 4.69) is 15.1 Å². The molecule has 4 aromatic rings. The van der Waals surface area contributed by atoms with Crippen molar-refractivity contribution in [3.8, 4) is 21.8 Å². The number of aliphatic hydroxyl groups is 1. The number of aromatic nitrogens is 5. The van der Waals surface area contributed by atoms with Gasteiger partial charge >= 0.3 is 0 Å². The van der Waals surface area contributed by atoms with Crippen LogP contribution < -0.4 is 5.73 Å². The molecule has 1 aliphatic carbocycles. The van der Waals surface area contributed by atoms with Crippen molar-refractivity contribution in [2.45, 2.75) is 73.9 Å². The molecule has 0 aromatic carbocycles. The van der Waals surface area contributed by atoms with E-state index in [1.165, 1.54) is 4.52 Å². The van der Waals surface area contributed by atoms with Gasteiger partial charge in [0.25, 0.3) is 5.91 Å². The molecule has 11 nitrogen and oxygen atoms in total. The number of carbonyl (C=O) groups excluding carboxylic acids is 1. The van der Waals surface area contributed by atoms with Gasteiger partial charge in [0.05, 0.1) is 17.6 Å². The van der Waals surface area contributed by atoms with Crippen molar-refractivity contribution in [3.05, 3.63) is 41.3 Å². The first-order chi connectivity index (χ1) is 19.0. The van der Waals surface area contributed by atoms with Crippen molar-refractivity contribution in [2.75, 3.05) is 12.0 Å². The Hall–Kier alpha value is -3.42. The summed E-state index contributed by atoms with van der Waals surface area (Å²) in [7, 11) is -3.74. The van der Waals surface area contributed by atoms with Crippen molar-refractivity contribution in [3.63, 3.8) is 0 Å². The zero-order valence-corrected chi connectivity index (χ0v) is 23.7. The Morgan fingerprint density at radius 3 is 2.42 bits per heavy atom. The van der Waals surface area contributed by atoms with Crippen LogP contribution in [0.1, 0.15) is 55.0 Å². The molecule has 2 bridgehead atoms. The summed E-state index contributed by atoms with van der Waals surface area (Å²) in [5, 5.41) is 15.7. The molecule has 6 heterocycles. The van der Waals surface area contributed by atoms with E-state index in [1.54, 1.807) is 23.7 Å². The average molecular weight is 580 g/mol. The highest BCUT2D eigenvalue weighted by atomic mass is 32.2. The number of hydrogen-bond acceptors (Lipinski definition) is 10. The van der Waals surface area contributed by atoms with Gasteiger partial charge in [0.1, 0.15) is 21.3 Å². The summed E-state index contributed by atoms with van der Waals surface area (Å²) in [5.74, 6) is -0.370. The number of nitrogens with zero attached hydrogens (tertiary/aromatic N) is 6. The molecule has 13 heteroatoms. The lowest BCUT2D eigenvalue weighted by atomic mass is 9.87. The molecule has 1 saturated carbocycles. The summed E-state index contributed by atoms with van der Waals surface area (Å²) in [6.45, 7) is 2.00. The lowest BCUT2D eigenvalue weighted by Gasteiger charge is -2.40. The van der Waals surface area contributed by atoms with Crippen molar-refractivity contribution >= 4 is 38.5 Å². The Balaban J connectivity index is 1.29. The Morgan fingerprint density at radius 2 is 1.85 bits per heavy atom. The fraction of sp³-hybridized carbons (Fsp3) is 0.444. The highest BCUT2D eigenvalue weighted by Crippen LogP contribution is 2.48. The van der Waals surface area contributed by atoms with Gasteiger partial charge in [-0.25, -0.2) is 18.4 Å². The van der Waals surface area contributed by atoms with Crippen LogP contribution in [0.15, 0.2) is 35.6 Å². The molecule has 0 radical (unpaired) electrons. The number of amides is 1. The van der Waals surface area contributed by atoms with Gasteiger partial charge in [-0.3, -0.25) is 9.78 Å². The van der Waals surface area contributed by atoms with Crippen LogP contribution in [0, 0.1) is 6.92 Å². The second-order valence-corrected chi connectivity index (χ2v) is 14.5. The largest absolute Gasteiger partial charge is 0.382 e. The lowest BCUT2D eigenvalue weighted by molar-refractivity contribution is -0.147. The Morgan fingerprint density at radius 1 is 1.12 bits per heavy atom. The summed E-state index contributed by atoms with van der Waals surface area (Å²) in [6.07, 6.45) is 10.1. The standard InChI is InChI=1S/C27H29N7O4S2/c1-14-11-30-25(39-14)20-6-3-15(12-29-20)19-13-31-34-23(28)22(40(2,37)38)21(32-24(19)34)16-9-17-4-5-18(10-16)33(17)26(35)27(36)7-8-27/h3,6,11-13,16-18,36H,4-5,7-10,28H2,1-2H3/t16-,17-,18+. The van der Waals surface area contributed by atoms with Crippen LogP contribution in [-0.4, -0.2) is 72.8 Å². The van der Waals surface area contributed by atoms with Gasteiger partial charge in [-0.2, -0.15) is 9.61 Å². The number of anilines is 1. The number of hydrogen-bond donors (Lipinski definition) is 2. The third kappa shape index (κ3) is 4.01. The molecular weight excluding hydrogens is 550 g/mol. The molecule has 4 aromatic heterocycles. The number of carbonyl (C=O) groups is 1. The van der Waals surface area contributed by atoms with Crippen LogP contribution in [0.25, 0.3) is 27.5 Å². The molecule has 0 unspecified atom stereocenters. The number of rotatable bonds is 5. The van der Waals surface area contributed by atoms with Crippen molar-refractivity contribution in [2.24, 2.45) is 0 Å². The first kappa shape index (κ1) is 25.5. The van der Waals surface area contributed by atoms with Crippen LogP contribution in [0.5, 0.6) is 0 Å². The molecule has 3 atom stereocenters. The van der Waals surface area contributed by atoms with E-state index in [0.717, 1.165) is 40.2 Å². The monoisotopic (exact) mass is 579 g/mol. The highest BCUT2D eigenvalue weighted by Gasteiger charge is 2.55. The van der Waals surface area contributed by atoms with Crippen molar-refractivity contribution in [1.29, 1.82) is 0 Å². The smallest absolute Gasteiger partial charge is 0.255 e. The number of aryl methyl sites for hydroxylation is 1. The molecule has 7 rings (SSSR count). The number of nitrogen functional groups attached to an aromatic ring is 1. The molecular formula is C27H29N7O4S2. The second kappa shape index (κ2) is 8.79. The van der Waals surface area contributed by atoms with Crippen molar-refractivity contribution < 1.29 is 18.3 Å². The number of nitrogens with two attached hydrogens (primary N) is 1. The predicted molar refractivity (Wildman–Crippen MR) is 149 cm³/mol. The maximum absolute atomic E-state index is 13.0. The van der Waals surface area contributed by atoms with Gasteiger partial charge in [0.2, 0.25) is 0 Å². The quantitative estimate of drug-likeness (QED) is 0.363. The van der Waals surface area contributed by atoms with Crippen molar-refractivity contribution in [1.82, 2.24) is 29.5 Å². The van der Waals surface area contributed by atoms with Gasteiger partial charge < -0.3 is 15.7 Å². The summed E-state index contributed by atoms with van der Waals surface area (Å²) in [4.78, 5) is 29.9. The van der Waals surface area contributed by atoms with Crippen LogP contribution in [0.3, 0.4) is 0 Å². The van der Waals surface area contributed by atoms with E-state index in [0.29, 0.717) is 42.6 Å². The summed E-state index contributed by atoms with van der Waals surface area (Å²) >= 11 is 1.57. The fourth-order valence-electron chi connectivity index (χ4n) is 6.34. The first-order valence-electron chi connectivity index (χ1n) is 13.3. The number of pyridine rings is 1. The molecule has 3 aliphatic rings. The number of piperidine rings is 1. The van der Waals surface area contributed by atoms with E-state index < -0.39 is 15.4 Å². The highest BCUT2D eigenvalue weighted by molar-refractivity contribution is 7.91. The van der Waals surface area contributed by atoms with E-state index in [4.69, 9.17) is 10.7 Å². The van der Waals surface area contributed by atoms with Crippen LogP contribution >= 0.6 is 11.3 Å². The molecule has 2 saturated heterocycles. The van der Waals surface area contributed by atoms with E-state index in [9.17, 15) is 18.3 Å². The second-order valence-electron chi connectivity index (χ2n) is 11.3. The maximum Gasteiger partial charge on any atom is 0.255 e. The molecule has 3 fully saturated rings. The summed E-state index contributed by atoms with van der Waals surface area (Å²) < 4.78 is 27.4. The number of sulfone groups is 1. The van der Waals surface area contributed by atoms with E-state index >= 15 is 0 Å². The molecule has 2 aliphatic heterocycles. The van der Waals surface area contributed by atoms with E-state index in [1.807, 2.05) is 30.2 Å². The Bertz CT molecular complexity index is 1760. The SMILES string of the molecule is Cc1cnc(-c2ccc(-c3cnn4c(N)c(S(C)(=O)=O)c([C@@H]5C[C@H]6CC[C@@H](C5)N6C(=O)C5(O)CC5)nc34)cn2)s1. The first-order valence-corrected chi connectivity index (χ1v) is 16.1. The Kier molecular flexibility index (Phi) is 5.61. The third-order valence-corrected chi connectivity index (χ3v) is 10.5. The average Bonchev–Trinajstić information content (AvgIpc) is 3.21. The third-order valence-electron chi connectivity index (χ3n) is 8.43. The van der Waals surface area contributed by atoms with E-state index in [-0.39, 0.29) is 34.6 Å². The predicted octanol–water partition coefficient (Wildman–Crippen LogP) is 2.97. The van der Waals surface area contributed by atoms with Gasteiger partial charge in [-0.1, -0.05) is 6.07 Å². The minimum atomic E-state index is -3.74. The number of fused-ring (bicyclic) bond motifs is 3. The summed E-state index contributed by atoms with van der Waals surface area (Å²) in [5.41, 5.74) is 8.38. The topological polar surface area (TPSA) is 157 Å². The fourth-order valence-corrected chi connectivity index (χ4v) is 8.14. The molecule has 208 valence electrons. The van der Waals surface area contributed by atoms with Gasteiger partial charge in [-0.05, 0) is 51.5 Å². The molecule has 40 heavy (non-hydrogen) atoms. The minimum absolute atomic E-state index is 0.00717. The lowest BCUT2D eigenvalue weighted by Crippen LogP contribution is -2.51. The maximum atomic E-state index is 13.0. The summed E-state index contributed by atoms with van der Waals surface area (Å²) in [6, 6.07) is 3.68. The van der Waals surface area contributed by atoms with Crippen LogP contribution in [0.2, 0.25) is 0 Å². The zero-order valence-electron chi connectivity index (χ0n) is 22.1. The van der Waals surface area contributed by atoms with Gasteiger partial charge in [0, 0.05) is 52.7 Å². The molecule has 3 N–H and O–H groups in total. The van der Waals surface area contributed by atoms with Crippen LogP contribution in [-0.2, 0) is 14.6 Å². The number of thiazole rings is 1. The van der Waals surface area contributed by atoms with Crippen LogP contribution in [0.4, 0.5) is 5.82 Å². The van der Waals surface area contributed by atoms with Gasteiger partial charge in [-0.15, -0.1) is 11.3 Å². The molecule has 0 spiro atoms. The van der Waals surface area contributed by atoms with Gasteiger partial charge in [0.15, 0.2) is 15.5 Å². The minimum Gasteiger partial charge on any atom is -0.382 e. The Labute approximate surface area is 235 Å². The normalized spacial score (nSPS) is 23.6.